The smallest absolute Gasteiger partial charge is 0.251 e. The topological polar surface area (TPSA) is 83.6 Å². The predicted molar refractivity (Wildman–Crippen MR) is 81.0 cm³/mol. The molecule has 1 aromatic carbocycles. The highest BCUT2D eigenvalue weighted by Gasteiger charge is 2.29. The van der Waals surface area contributed by atoms with Gasteiger partial charge in [0.1, 0.15) is 0 Å². The van der Waals surface area contributed by atoms with E-state index in [-0.39, 0.29) is 11.9 Å². The summed E-state index contributed by atoms with van der Waals surface area (Å²) in [6.07, 6.45) is 5.90. The third-order valence-electron chi connectivity index (χ3n) is 4.51. The SMILES string of the molecule is O=C(NC1CC(=C2CCC2)C1)c1cccc(-c2nn[nH]n2)c1. The van der Waals surface area contributed by atoms with Crippen LogP contribution >= 0.6 is 0 Å². The van der Waals surface area contributed by atoms with Gasteiger partial charge in [0, 0.05) is 17.2 Å². The maximum atomic E-state index is 12.3. The summed E-state index contributed by atoms with van der Waals surface area (Å²) < 4.78 is 0. The van der Waals surface area contributed by atoms with E-state index in [1.807, 2.05) is 18.2 Å². The van der Waals surface area contributed by atoms with Crippen LogP contribution in [-0.4, -0.2) is 32.6 Å². The minimum atomic E-state index is -0.0343. The molecule has 6 heteroatoms. The van der Waals surface area contributed by atoms with Crippen molar-refractivity contribution in [3.05, 3.63) is 41.0 Å². The van der Waals surface area contributed by atoms with Gasteiger partial charge in [0.05, 0.1) is 0 Å². The Balaban J connectivity index is 1.42. The normalized spacial score (nSPS) is 20.3. The highest BCUT2D eigenvalue weighted by molar-refractivity contribution is 5.95. The standard InChI is InChI=1S/C16H17N5O/c22-16(17-14-8-13(9-14)10-3-1-4-10)12-6-2-5-11(7-12)15-18-20-21-19-15/h2,5-7,14H,1,3-4,8-9H2,(H,17,22)(H,18,19,20,21). The van der Waals surface area contributed by atoms with Gasteiger partial charge in [0.2, 0.25) is 5.82 Å². The molecule has 22 heavy (non-hydrogen) atoms. The van der Waals surface area contributed by atoms with E-state index >= 15 is 0 Å². The van der Waals surface area contributed by atoms with Crippen LogP contribution in [0.3, 0.4) is 0 Å². The van der Waals surface area contributed by atoms with Crippen LogP contribution in [-0.2, 0) is 0 Å². The van der Waals surface area contributed by atoms with E-state index in [4.69, 9.17) is 0 Å². The molecular formula is C16H17N5O. The van der Waals surface area contributed by atoms with Crippen molar-refractivity contribution in [1.29, 1.82) is 0 Å². The number of aromatic amines is 1. The van der Waals surface area contributed by atoms with Gasteiger partial charge in [-0.3, -0.25) is 4.79 Å². The summed E-state index contributed by atoms with van der Waals surface area (Å²) in [6.45, 7) is 0. The van der Waals surface area contributed by atoms with Gasteiger partial charge in [-0.15, -0.1) is 10.2 Å². The summed E-state index contributed by atoms with van der Waals surface area (Å²) in [4.78, 5) is 12.3. The number of nitrogens with zero attached hydrogens (tertiary/aromatic N) is 3. The molecule has 6 nitrogen and oxygen atoms in total. The number of hydrogen-bond acceptors (Lipinski definition) is 4. The first-order valence-electron chi connectivity index (χ1n) is 7.64. The maximum Gasteiger partial charge on any atom is 0.251 e. The number of carbonyl (C=O) groups excluding carboxylic acids is 1. The fourth-order valence-electron chi connectivity index (χ4n) is 2.99. The molecule has 0 spiro atoms. The van der Waals surface area contributed by atoms with Crippen LogP contribution in [0.15, 0.2) is 35.4 Å². The Bertz CT molecular complexity index is 721. The highest BCUT2D eigenvalue weighted by Crippen LogP contribution is 2.38. The Morgan fingerprint density at radius 1 is 1.23 bits per heavy atom. The second-order valence-electron chi connectivity index (χ2n) is 5.96. The van der Waals surface area contributed by atoms with Gasteiger partial charge in [0.25, 0.3) is 5.91 Å². The van der Waals surface area contributed by atoms with Crippen molar-refractivity contribution in [3.63, 3.8) is 0 Å². The largest absolute Gasteiger partial charge is 0.349 e. The number of allylic oxidation sites excluding steroid dienone is 1. The van der Waals surface area contributed by atoms with E-state index in [9.17, 15) is 4.79 Å². The minimum absolute atomic E-state index is 0.0343. The monoisotopic (exact) mass is 295 g/mol. The molecule has 2 aliphatic carbocycles. The van der Waals surface area contributed by atoms with Crippen LogP contribution in [0.25, 0.3) is 11.4 Å². The number of tetrazole rings is 1. The molecule has 0 saturated heterocycles. The lowest BCUT2D eigenvalue weighted by molar-refractivity contribution is 0.0928. The van der Waals surface area contributed by atoms with Crippen molar-refractivity contribution in [1.82, 2.24) is 25.9 Å². The lowest BCUT2D eigenvalue weighted by Gasteiger charge is -2.35. The molecule has 2 N–H and O–H groups in total. The quantitative estimate of drug-likeness (QED) is 0.851. The number of nitrogens with one attached hydrogen (secondary N) is 2. The van der Waals surface area contributed by atoms with Crippen LogP contribution < -0.4 is 5.32 Å². The lowest BCUT2D eigenvalue weighted by atomic mass is 9.76. The van der Waals surface area contributed by atoms with E-state index in [0.717, 1.165) is 18.4 Å². The van der Waals surface area contributed by atoms with E-state index in [1.54, 1.807) is 17.2 Å². The molecule has 2 aromatic rings. The summed E-state index contributed by atoms with van der Waals surface area (Å²) in [5, 5.41) is 16.9. The van der Waals surface area contributed by atoms with Crippen LogP contribution in [0.5, 0.6) is 0 Å². The number of carbonyl (C=O) groups is 1. The molecule has 0 unspecified atom stereocenters. The average molecular weight is 295 g/mol. The number of hydrogen-bond donors (Lipinski definition) is 2. The summed E-state index contributed by atoms with van der Waals surface area (Å²) in [5.74, 6) is 0.461. The number of benzene rings is 1. The van der Waals surface area contributed by atoms with Crippen molar-refractivity contribution in [3.8, 4) is 11.4 Å². The van der Waals surface area contributed by atoms with E-state index in [1.165, 1.54) is 19.3 Å². The molecule has 1 aromatic heterocycles. The summed E-state index contributed by atoms with van der Waals surface area (Å²) in [5.41, 5.74) is 4.61. The fraction of sp³-hybridized carbons (Fsp3) is 0.375. The van der Waals surface area contributed by atoms with E-state index in [0.29, 0.717) is 11.4 Å². The molecule has 4 rings (SSSR count). The van der Waals surface area contributed by atoms with Crippen LogP contribution in [0.4, 0.5) is 0 Å². The zero-order valence-corrected chi connectivity index (χ0v) is 12.2. The van der Waals surface area contributed by atoms with Gasteiger partial charge in [-0.1, -0.05) is 23.3 Å². The van der Waals surface area contributed by atoms with Crippen molar-refractivity contribution in [2.24, 2.45) is 0 Å². The third-order valence-corrected chi connectivity index (χ3v) is 4.51. The van der Waals surface area contributed by atoms with Gasteiger partial charge >= 0.3 is 0 Å². The van der Waals surface area contributed by atoms with Crippen molar-refractivity contribution >= 4 is 5.91 Å². The first kappa shape index (κ1) is 13.2. The fourth-order valence-corrected chi connectivity index (χ4v) is 2.99. The van der Waals surface area contributed by atoms with E-state index < -0.39 is 0 Å². The molecule has 2 aliphatic rings. The summed E-state index contributed by atoms with van der Waals surface area (Å²) >= 11 is 0. The van der Waals surface area contributed by atoms with Crippen LogP contribution in [0.2, 0.25) is 0 Å². The van der Waals surface area contributed by atoms with Crippen LogP contribution in [0, 0.1) is 0 Å². The average Bonchev–Trinajstić information content (AvgIpc) is 2.97. The third kappa shape index (κ3) is 2.41. The molecular weight excluding hydrogens is 278 g/mol. The number of aromatic nitrogens is 4. The van der Waals surface area contributed by atoms with E-state index in [2.05, 4.69) is 25.9 Å². The van der Waals surface area contributed by atoms with Crippen molar-refractivity contribution in [2.45, 2.75) is 38.1 Å². The molecule has 0 radical (unpaired) electrons. The molecule has 1 heterocycles. The lowest BCUT2D eigenvalue weighted by Crippen LogP contribution is -2.41. The zero-order valence-electron chi connectivity index (χ0n) is 12.2. The Morgan fingerprint density at radius 2 is 2.09 bits per heavy atom. The Morgan fingerprint density at radius 3 is 2.77 bits per heavy atom. The molecule has 2 fully saturated rings. The van der Waals surface area contributed by atoms with Gasteiger partial charge in [-0.25, -0.2) is 0 Å². The Kier molecular flexibility index (Phi) is 3.21. The molecule has 1 amide bonds. The first-order valence-corrected chi connectivity index (χ1v) is 7.64. The Labute approximate surface area is 128 Å². The van der Waals surface area contributed by atoms with Crippen molar-refractivity contribution in [2.75, 3.05) is 0 Å². The maximum absolute atomic E-state index is 12.3. The molecule has 112 valence electrons. The number of H-pyrrole nitrogens is 1. The van der Waals surface area contributed by atoms with Gasteiger partial charge in [-0.2, -0.15) is 5.21 Å². The second kappa shape index (κ2) is 5.36. The number of amides is 1. The molecule has 0 aliphatic heterocycles. The highest BCUT2D eigenvalue weighted by atomic mass is 16.1. The molecule has 2 saturated carbocycles. The van der Waals surface area contributed by atoms with Gasteiger partial charge in [0.15, 0.2) is 0 Å². The second-order valence-corrected chi connectivity index (χ2v) is 5.96. The minimum Gasteiger partial charge on any atom is -0.349 e. The molecule has 0 atom stereocenters. The predicted octanol–water partition coefficient (Wildman–Crippen LogP) is 2.24. The van der Waals surface area contributed by atoms with Gasteiger partial charge < -0.3 is 5.32 Å². The summed E-state index contributed by atoms with van der Waals surface area (Å²) in [7, 11) is 0. The Hall–Kier alpha value is -2.50. The first-order chi connectivity index (χ1) is 10.8. The summed E-state index contributed by atoms with van der Waals surface area (Å²) in [6, 6.07) is 7.59. The van der Waals surface area contributed by atoms with Crippen LogP contribution in [0.1, 0.15) is 42.5 Å². The molecule has 0 bridgehead atoms. The zero-order chi connectivity index (χ0) is 14.9. The van der Waals surface area contributed by atoms with Gasteiger partial charge in [-0.05, 0) is 49.5 Å². The van der Waals surface area contributed by atoms with Crippen molar-refractivity contribution < 1.29 is 4.79 Å². The number of rotatable bonds is 3.